The smallest absolute Gasteiger partial charge is 0.341 e. The fourth-order valence-corrected chi connectivity index (χ4v) is 3.26. The van der Waals surface area contributed by atoms with E-state index in [-0.39, 0.29) is 12.4 Å². The molecule has 0 saturated heterocycles. The van der Waals surface area contributed by atoms with E-state index >= 15 is 0 Å². The molecule has 0 atom stereocenters. The van der Waals surface area contributed by atoms with E-state index in [9.17, 15) is 9.59 Å². The maximum atomic E-state index is 12.9. The van der Waals surface area contributed by atoms with Crippen molar-refractivity contribution < 1.29 is 19.4 Å². The Morgan fingerprint density at radius 1 is 1.00 bits per heavy atom. The van der Waals surface area contributed by atoms with Gasteiger partial charge in [-0.25, -0.2) is 4.79 Å². The van der Waals surface area contributed by atoms with Crippen LogP contribution in [0.1, 0.15) is 21.5 Å². The summed E-state index contributed by atoms with van der Waals surface area (Å²) in [6, 6.07) is 16.3. The van der Waals surface area contributed by atoms with Gasteiger partial charge in [-0.1, -0.05) is 29.3 Å². The van der Waals surface area contributed by atoms with E-state index in [1.807, 2.05) is 0 Å². The highest BCUT2D eigenvalue weighted by atomic mass is 35.5. The number of carboxylic acid groups (broad SMARTS) is 1. The quantitative estimate of drug-likeness (QED) is 0.221. The van der Waals surface area contributed by atoms with Crippen LogP contribution in [0.5, 0.6) is 5.75 Å². The number of benzene rings is 3. The van der Waals surface area contributed by atoms with Crippen LogP contribution in [0, 0.1) is 5.41 Å². The third-order valence-electron chi connectivity index (χ3n) is 4.53. The van der Waals surface area contributed by atoms with Crippen molar-refractivity contribution in [3.05, 3.63) is 87.4 Å². The third kappa shape index (κ3) is 6.61. The van der Waals surface area contributed by atoms with Gasteiger partial charge in [-0.2, -0.15) is 0 Å². The van der Waals surface area contributed by atoms with Crippen molar-refractivity contribution in [3.8, 4) is 5.75 Å². The number of carbonyl (C=O) groups excluding carboxylic acids is 1. The van der Waals surface area contributed by atoms with Crippen molar-refractivity contribution in [2.45, 2.75) is 6.54 Å². The molecular weight excluding hydrogens is 467 g/mol. The summed E-state index contributed by atoms with van der Waals surface area (Å²) in [7, 11) is 0. The predicted octanol–water partition coefficient (Wildman–Crippen LogP) is 4.61. The number of amides is 1. The van der Waals surface area contributed by atoms with Crippen LogP contribution in [-0.2, 0) is 11.3 Å². The van der Waals surface area contributed by atoms with Gasteiger partial charge >= 0.3 is 5.97 Å². The fourth-order valence-electron chi connectivity index (χ4n) is 2.93. The molecule has 0 spiro atoms. The number of hydrogen-bond acceptors (Lipinski definition) is 5. The predicted molar refractivity (Wildman–Crippen MR) is 129 cm³/mol. The van der Waals surface area contributed by atoms with E-state index < -0.39 is 18.5 Å². The van der Waals surface area contributed by atoms with Gasteiger partial charge in [0, 0.05) is 39.1 Å². The van der Waals surface area contributed by atoms with Gasteiger partial charge in [0.15, 0.2) is 6.61 Å². The van der Waals surface area contributed by atoms with Crippen LogP contribution in [0.25, 0.3) is 0 Å². The topological polar surface area (TPSA) is 138 Å². The number of nitrogens with two attached hydrogens (primary N) is 1. The number of nitrogen functional groups attached to an aromatic ring is 1. The minimum atomic E-state index is -1.11. The number of amidine groups is 1. The van der Waals surface area contributed by atoms with Gasteiger partial charge in [-0.3, -0.25) is 10.2 Å². The van der Waals surface area contributed by atoms with E-state index in [4.69, 9.17) is 44.2 Å². The number of halogens is 2. The average Bonchev–Trinajstić information content (AvgIpc) is 2.78. The first-order valence-corrected chi connectivity index (χ1v) is 10.4. The van der Waals surface area contributed by atoms with Gasteiger partial charge in [0.1, 0.15) is 11.6 Å². The summed E-state index contributed by atoms with van der Waals surface area (Å²) >= 11 is 12.1. The Labute approximate surface area is 199 Å². The number of hydrogen-bond donors (Lipinski definition) is 5. The molecule has 0 saturated carbocycles. The minimum absolute atomic E-state index is 0.0666. The summed E-state index contributed by atoms with van der Waals surface area (Å²) in [6.07, 6.45) is 0. The van der Waals surface area contributed by atoms with Gasteiger partial charge in [0.05, 0.1) is 5.56 Å². The lowest BCUT2D eigenvalue weighted by atomic mass is 10.1. The largest absolute Gasteiger partial charge is 0.482 e. The van der Waals surface area contributed by atoms with Crippen LogP contribution in [0.4, 0.5) is 11.4 Å². The van der Waals surface area contributed by atoms with E-state index in [0.717, 1.165) is 0 Å². The van der Waals surface area contributed by atoms with Gasteiger partial charge in [0.2, 0.25) is 0 Å². The zero-order valence-electron chi connectivity index (χ0n) is 17.2. The minimum Gasteiger partial charge on any atom is -0.482 e. The molecule has 10 heteroatoms. The zero-order valence-corrected chi connectivity index (χ0v) is 18.7. The Balaban J connectivity index is 1.78. The summed E-state index contributed by atoms with van der Waals surface area (Å²) < 4.78 is 5.32. The van der Waals surface area contributed by atoms with Crippen LogP contribution in [0.3, 0.4) is 0 Å². The van der Waals surface area contributed by atoms with Crippen molar-refractivity contribution in [1.29, 1.82) is 5.41 Å². The van der Waals surface area contributed by atoms with Crippen LogP contribution in [0.2, 0.25) is 10.0 Å². The molecule has 6 N–H and O–H groups in total. The van der Waals surface area contributed by atoms with Crippen molar-refractivity contribution in [3.63, 3.8) is 0 Å². The second-order valence-corrected chi connectivity index (χ2v) is 7.80. The Kier molecular flexibility index (Phi) is 7.76. The number of aliphatic carboxylic acids is 1. The lowest BCUT2D eigenvalue weighted by Crippen LogP contribution is -2.16. The molecule has 3 aromatic rings. The number of anilines is 2. The molecule has 1 amide bonds. The molecule has 0 fully saturated rings. The van der Waals surface area contributed by atoms with Crippen molar-refractivity contribution >= 4 is 52.3 Å². The first-order chi connectivity index (χ1) is 15.7. The highest BCUT2D eigenvalue weighted by Gasteiger charge is 2.14. The number of rotatable bonds is 9. The summed E-state index contributed by atoms with van der Waals surface area (Å²) in [4.78, 5) is 23.8. The van der Waals surface area contributed by atoms with Gasteiger partial charge in [-0.15, -0.1) is 0 Å². The second-order valence-electron chi connectivity index (χ2n) is 6.92. The normalized spacial score (nSPS) is 10.4. The lowest BCUT2D eigenvalue weighted by molar-refractivity contribution is -0.139. The fraction of sp³-hybridized carbons (Fsp3) is 0.0870. The Bertz CT molecular complexity index is 1200. The van der Waals surface area contributed by atoms with E-state index in [1.165, 1.54) is 12.1 Å². The lowest BCUT2D eigenvalue weighted by Gasteiger charge is -2.15. The summed E-state index contributed by atoms with van der Waals surface area (Å²) in [6.45, 7) is -0.272. The first kappa shape index (κ1) is 23.9. The van der Waals surface area contributed by atoms with Crippen LogP contribution in [0.15, 0.2) is 60.7 Å². The Morgan fingerprint density at radius 3 is 2.33 bits per heavy atom. The molecule has 0 bridgehead atoms. The molecule has 170 valence electrons. The Morgan fingerprint density at radius 2 is 1.67 bits per heavy atom. The van der Waals surface area contributed by atoms with Crippen molar-refractivity contribution in [2.24, 2.45) is 5.73 Å². The van der Waals surface area contributed by atoms with Crippen molar-refractivity contribution in [1.82, 2.24) is 0 Å². The van der Waals surface area contributed by atoms with Gasteiger partial charge in [0.25, 0.3) is 5.91 Å². The van der Waals surface area contributed by atoms with Crippen LogP contribution < -0.4 is 21.1 Å². The molecule has 0 aliphatic heterocycles. The van der Waals surface area contributed by atoms with Gasteiger partial charge in [-0.05, 0) is 54.6 Å². The molecule has 0 radical (unpaired) electrons. The maximum absolute atomic E-state index is 12.9. The molecule has 0 heterocycles. The highest BCUT2D eigenvalue weighted by Crippen LogP contribution is 2.27. The standard InChI is InChI=1S/C23H20Cl2N4O4/c24-15-5-8-19(28-11-14-1-4-16(25)10-20(14)33-12-21(30)31)18(9-15)23(32)29-17-6-2-13(3-7-17)22(26)27/h1-10,28H,11-12H2,(H3,26,27)(H,29,32)(H,30,31). The van der Waals surface area contributed by atoms with E-state index in [0.29, 0.717) is 43.9 Å². The van der Waals surface area contributed by atoms with Gasteiger partial charge < -0.3 is 26.2 Å². The molecule has 8 nitrogen and oxygen atoms in total. The SMILES string of the molecule is N=C(N)c1ccc(NC(=O)c2cc(Cl)ccc2NCc2ccc(Cl)cc2OCC(=O)O)cc1. The van der Waals surface area contributed by atoms with Crippen LogP contribution >= 0.6 is 23.2 Å². The molecule has 33 heavy (non-hydrogen) atoms. The molecule has 3 rings (SSSR count). The van der Waals surface area contributed by atoms with E-state index in [2.05, 4.69) is 10.6 Å². The molecular formula is C23H20Cl2N4O4. The Hall–Kier alpha value is -3.75. The van der Waals surface area contributed by atoms with E-state index in [1.54, 1.807) is 48.5 Å². The number of carbonyl (C=O) groups is 2. The first-order valence-electron chi connectivity index (χ1n) is 9.65. The molecule has 0 aliphatic carbocycles. The summed E-state index contributed by atoms with van der Waals surface area (Å²) in [5, 5.41) is 23.1. The number of carboxylic acids is 1. The maximum Gasteiger partial charge on any atom is 0.341 e. The molecule has 0 aromatic heterocycles. The highest BCUT2D eigenvalue weighted by molar-refractivity contribution is 6.31. The molecule has 0 unspecified atom stereocenters. The number of ether oxygens (including phenoxy) is 1. The summed E-state index contributed by atoms with van der Waals surface area (Å²) in [5.41, 5.74) is 7.99. The molecule has 3 aromatic carbocycles. The monoisotopic (exact) mass is 486 g/mol. The number of nitrogens with one attached hydrogen (secondary N) is 3. The van der Waals surface area contributed by atoms with Crippen molar-refractivity contribution in [2.75, 3.05) is 17.2 Å². The third-order valence-corrected chi connectivity index (χ3v) is 5.00. The molecule has 0 aliphatic rings. The average molecular weight is 487 g/mol. The van der Waals surface area contributed by atoms with Crippen LogP contribution in [-0.4, -0.2) is 29.4 Å². The summed E-state index contributed by atoms with van der Waals surface area (Å²) in [5.74, 6) is -1.25. The zero-order chi connectivity index (χ0) is 24.0. The second kappa shape index (κ2) is 10.7.